The van der Waals surface area contributed by atoms with E-state index >= 15 is 0 Å². The zero-order valence-electron chi connectivity index (χ0n) is 17.0. The van der Waals surface area contributed by atoms with Gasteiger partial charge in [0.2, 0.25) is 0 Å². The van der Waals surface area contributed by atoms with Crippen molar-refractivity contribution < 1.29 is 12.3 Å². The molecule has 3 rings (SSSR count). The molecule has 0 spiro atoms. The Hall–Kier alpha value is -1.47. The Morgan fingerprint density at radius 2 is 1.36 bits per heavy atom. The molecule has 0 amide bonds. The van der Waals surface area contributed by atoms with E-state index in [2.05, 4.69) is 0 Å². The minimum atomic E-state index is -2.63. The van der Waals surface area contributed by atoms with Crippen LogP contribution in [0.4, 0.5) is 0 Å². The van der Waals surface area contributed by atoms with Gasteiger partial charge in [0.25, 0.3) is 0 Å². The van der Waals surface area contributed by atoms with Crippen LogP contribution >= 0.6 is 0 Å². The normalized spacial score (nSPS) is 20.9. The molecule has 0 aliphatic heterocycles. The van der Waals surface area contributed by atoms with Gasteiger partial charge >= 0.3 is 0 Å². The van der Waals surface area contributed by atoms with Crippen molar-refractivity contribution in [2.24, 2.45) is 0 Å². The highest BCUT2D eigenvalue weighted by atomic mass is 28.2. The smallest absolute Gasteiger partial charge is 0.0620 e. The van der Waals surface area contributed by atoms with Gasteiger partial charge in [-0.25, -0.2) is 0 Å². The van der Waals surface area contributed by atoms with Gasteiger partial charge in [0, 0.05) is 10.3 Å². The number of rotatable bonds is 0. The van der Waals surface area contributed by atoms with E-state index < -0.39 is 57.4 Å². The number of fused-ring (bicyclic) bond motifs is 2. The topological polar surface area (TPSA) is 0 Å². The zero-order valence-corrected chi connectivity index (χ0v) is 8.00. The lowest BCUT2D eigenvalue weighted by Crippen LogP contribution is -1.81. The fourth-order valence-corrected chi connectivity index (χ4v) is 2.25. The molecule has 0 saturated heterocycles. The van der Waals surface area contributed by atoms with Crippen molar-refractivity contribution in [3.05, 3.63) is 54.4 Å². The predicted molar refractivity (Wildman–Crippen MR) is 64.2 cm³/mol. The predicted octanol–water partition coefficient (Wildman–Crippen LogP) is 3.06. The Morgan fingerprint density at radius 1 is 0.857 bits per heavy atom. The highest BCUT2D eigenvalue weighted by Crippen LogP contribution is 2.18. The number of hydrogen-bond acceptors (Lipinski definition) is 0. The van der Waals surface area contributed by atoms with E-state index in [1.165, 1.54) is 0 Å². The summed E-state index contributed by atoms with van der Waals surface area (Å²) in [6.07, 6.45) is 0. The van der Waals surface area contributed by atoms with E-state index in [0.29, 0.717) is 0 Å². The molecule has 2 aromatic carbocycles. The molecule has 0 nitrogen and oxygen atoms in total. The van der Waals surface area contributed by atoms with Gasteiger partial charge in [0.15, 0.2) is 0 Å². The maximum absolute atomic E-state index is 8.44. The van der Waals surface area contributed by atoms with Crippen LogP contribution < -0.4 is 0 Å². The van der Waals surface area contributed by atoms with Gasteiger partial charge in [-0.05, 0) is 26.8 Å². The highest BCUT2D eigenvalue weighted by Gasteiger charge is 1.95. The quantitative estimate of drug-likeness (QED) is 0.390. The first-order valence-corrected chi connectivity index (χ1v) is 5.00. The van der Waals surface area contributed by atoms with E-state index in [1.54, 1.807) is 0 Å². The summed E-state index contributed by atoms with van der Waals surface area (Å²) in [5, 5.41) is -0.273. The Kier molecular flexibility index (Phi) is 0.599. The average molecular weight is 204 g/mol. The van der Waals surface area contributed by atoms with Gasteiger partial charge in [-0.3, -0.25) is 0 Å². The minimum absolute atomic E-state index is 0.0338. The molecule has 1 heterocycles. The molecule has 0 unspecified atom stereocenters. The Labute approximate surface area is 98.8 Å². The molecule has 14 heavy (non-hydrogen) atoms. The molecule has 0 aliphatic carbocycles. The van der Waals surface area contributed by atoms with Gasteiger partial charge in [0.05, 0.1) is 12.3 Å². The van der Waals surface area contributed by atoms with Crippen LogP contribution in [0.15, 0.2) is 54.4 Å². The van der Waals surface area contributed by atoms with Gasteiger partial charge in [-0.2, -0.15) is 0 Å². The molecule has 0 aliphatic rings. The van der Waals surface area contributed by atoms with Crippen molar-refractivity contribution in [2.75, 3.05) is 0 Å². The van der Waals surface area contributed by atoms with Crippen LogP contribution in [0.1, 0.15) is 12.3 Å². The third-order valence-corrected chi connectivity index (χ3v) is 3.12. The Balaban J connectivity index is 2.82. The minimum Gasteiger partial charge on any atom is -0.0620 e. The number of hydrogen-bond donors (Lipinski definition) is 0. The zero-order chi connectivity index (χ0) is 18.1. The van der Waals surface area contributed by atoms with Crippen molar-refractivity contribution in [1.29, 1.82) is 1.23 Å². The lowest BCUT2D eigenvalue weighted by molar-refractivity contribution is 1.81. The molecule has 0 saturated carbocycles. The van der Waals surface area contributed by atoms with Crippen LogP contribution in [0, 0.1) is 0 Å². The first-order valence-electron chi connectivity index (χ1n) is 9.00. The van der Waals surface area contributed by atoms with E-state index in [1.807, 2.05) is 0 Å². The fourth-order valence-electron chi connectivity index (χ4n) is 1.25. The second kappa shape index (κ2) is 3.03. The third kappa shape index (κ3) is 1.17. The molecule has 1 heteroatoms. The van der Waals surface area contributed by atoms with Gasteiger partial charge in [0.1, 0.15) is 0 Å². The molecule has 66 valence electrons. The summed E-state index contributed by atoms with van der Waals surface area (Å²) in [6.45, 7) is 0. The molecule has 0 N–H and O–H groups in total. The van der Waals surface area contributed by atoms with Gasteiger partial charge in [-0.15, -0.1) is 0 Å². The van der Waals surface area contributed by atoms with Gasteiger partial charge in [-0.1, -0.05) is 48.3 Å². The summed E-state index contributed by atoms with van der Waals surface area (Å²) in [5.41, 5.74) is 0. The third-order valence-electron chi connectivity index (χ3n) is 1.88. The molecule has 0 fully saturated rings. The SMILES string of the molecule is [2H]c1c([2H])c([2H])c2c(c1[2H])c([2H])c1c([2H])c([2H])c([2H])c([2H])c1[si]2[2H]. The highest BCUT2D eigenvalue weighted by molar-refractivity contribution is 6.59. The van der Waals surface area contributed by atoms with E-state index in [9.17, 15) is 0 Å². The summed E-state index contributed by atoms with van der Waals surface area (Å²) in [4.78, 5) is -0.0675. The van der Waals surface area contributed by atoms with Crippen LogP contribution in [-0.2, 0) is 0 Å². The molecular formula is C13H10Si. The number of benzene rings is 2. The fraction of sp³-hybridized carbons (Fsp3) is 0. The van der Waals surface area contributed by atoms with Gasteiger partial charge < -0.3 is 0 Å². The second-order valence-corrected chi connectivity index (χ2v) is 4.00. The van der Waals surface area contributed by atoms with Crippen LogP contribution in [0.2, 0.25) is 0 Å². The van der Waals surface area contributed by atoms with E-state index in [-0.39, 0.29) is 26.8 Å². The Morgan fingerprint density at radius 3 is 1.93 bits per heavy atom. The Bertz CT molecular complexity index is 894. The van der Waals surface area contributed by atoms with Crippen LogP contribution in [0.5, 0.6) is 0 Å². The monoisotopic (exact) mass is 204 g/mol. The molecule has 3 aromatic rings. The van der Waals surface area contributed by atoms with Crippen LogP contribution in [-0.4, -0.2) is 10.3 Å². The van der Waals surface area contributed by atoms with Crippen molar-refractivity contribution in [3.8, 4) is 0 Å². The van der Waals surface area contributed by atoms with Crippen LogP contribution in [0.3, 0.4) is 0 Å². The lowest BCUT2D eigenvalue weighted by Gasteiger charge is -2.00. The summed E-state index contributed by atoms with van der Waals surface area (Å²) in [7, 11) is -2.63. The lowest BCUT2D eigenvalue weighted by atomic mass is 10.2. The molecule has 0 radical (unpaired) electrons. The average Bonchev–Trinajstić information content (AvgIpc) is 2.55. The second-order valence-electron chi connectivity index (χ2n) is 2.75. The summed E-state index contributed by atoms with van der Waals surface area (Å²) in [6, 6.07) is -4.20. The molecular weight excluding hydrogens is 184 g/mol. The molecule has 1 aromatic heterocycles. The maximum Gasteiger partial charge on any atom is 0.0635 e. The first-order chi connectivity index (χ1) is 11.1. The van der Waals surface area contributed by atoms with Crippen LogP contribution in [0.25, 0.3) is 20.8 Å². The standard InChI is InChI=1S/C13H10Si/c1-3-7-12-10(5-1)9-11-6-2-4-8-13(11)14-12/h1-9,14H/i1D,2D,3D,4D,5D,6D,7D,8D,9D,14D. The largest absolute Gasteiger partial charge is 0.0635 e. The van der Waals surface area contributed by atoms with Crippen molar-refractivity contribution in [2.45, 2.75) is 0 Å². The molecule has 0 atom stereocenters. The molecule has 0 bridgehead atoms. The summed E-state index contributed by atoms with van der Waals surface area (Å²) < 4.78 is 79.8. The van der Waals surface area contributed by atoms with Crippen molar-refractivity contribution in [3.63, 3.8) is 0 Å². The maximum atomic E-state index is 8.44. The van der Waals surface area contributed by atoms with Crippen molar-refractivity contribution in [1.82, 2.24) is 0 Å². The van der Waals surface area contributed by atoms with Crippen molar-refractivity contribution >= 4 is 29.8 Å². The van der Waals surface area contributed by atoms with E-state index in [0.717, 1.165) is 0 Å². The summed E-state index contributed by atoms with van der Waals surface area (Å²) in [5.74, 6) is 0. The van der Waals surface area contributed by atoms with E-state index in [4.69, 9.17) is 13.6 Å². The summed E-state index contributed by atoms with van der Waals surface area (Å²) >= 11 is 0. The first kappa shape index (κ1) is 2.77.